The van der Waals surface area contributed by atoms with Crippen LogP contribution in [0.2, 0.25) is 0 Å². The van der Waals surface area contributed by atoms with Crippen LogP contribution >= 0.6 is 0 Å². The second-order valence-electron chi connectivity index (χ2n) is 5.15. The van der Waals surface area contributed by atoms with E-state index in [1.54, 1.807) is 7.11 Å². The van der Waals surface area contributed by atoms with Gasteiger partial charge in [0.2, 0.25) is 0 Å². The van der Waals surface area contributed by atoms with Crippen LogP contribution in [0.4, 0.5) is 0 Å². The first kappa shape index (κ1) is 13.9. The average molecular weight is 262 g/mol. The van der Waals surface area contributed by atoms with Gasteiger partial charge in [-0.15, -0.1) is 0 Å². The Labute approximate surface area is 115 Å². The highest BCUT2D eigenvalue weighted by molar-refractivity contribution is 5.97. The molecular formula is C15H22N2O2. The molecule has 0 spiro atoms. The van der Waals surface area contributed by atoms with Crippen LogP contribution < -0.4 is 4.74 Å². The van der Waals surface area contributed by atoms with E-state index in [0.717, 1.165) is 38.2 Å². The number of nitrogens with zero attached hydrogens (tertiary/aromatic N) is 2. The van der Waals surface area contributed by atoms with Gasteiger partial charge in [0.25, 0.3) is 5.91 Å². The zero-order valence-corrected chi connectivity index (χ0v) is 12.0. The predicted molar refractivity (Wildman–Crippen MR) is 75.7 cm³/mol. The minimum Gasteiger partial charge on any atom is -0.496 e. The maximum absolute atomic E-state index is 12.6. The summed E-state index contributed by atoms with van der Waals surface area (Å²) in [5, 5.41) is 0. The molecule has 0 bridgehead atoms. The molecule has 1 aliphatic heterocycles. The van der Waals surface area contributed by atoms with Crippen molar-refractivity contribution < 1.29 is 9.53 Å². The first-order valence-corrected chi connectivity index (χ1v) is 6.74. The Morgan fingerprint density at radius 1 is 1.21 bits per heavy atom. The van der Waals surface area contributed by atoms with Crippen LogP contribution in [0.1, 0.15) is 22.3 Å². The summed E-state index contributed by atoms with van der Waals surface area (Å²) >= 11 is 0. The molecule has 0 aromatic heterocycles. The number of carbonyl (C=O) groups is 1. The Hall–Kier alpha value is -1.55. The Bertz CT molecular complexity index is 459. The van der Waals surface area contributed by atoms with Gasteiger partial charge in [0, 0.05) is 19.6 Å². The highest BCUT2D eigenvalue weighted by atomic mass is 16.5. The molecular weight excluding hydrogens is 240 g/mol. The summed E-state index contributed by atoms with van der Waals surface area (Å²) in [6.07, 6.45) is 1.02. The molecule has 1 saturated heterocycles. The van der Waals surface area contributed by atoms with E-state index < -0.39 is 0 Å². The van der Waals surface area contributed by atoms with Gasteiger partial charge in [-0.05, 0) is 44.6 Å². The van der Waals surface area contributed by atoms with Crippen molar-refractivity contribution >= 4 is 5.91 Å². The summed E-state index contributed by atoms with van der Waals surface area (Å²) in [6, 6.07) is 5.74. The van der Waals surface area contributed by atoms with E-state index in [2.05, 4.69) is 11.9 Å². The standard InChI is InChI=1S/C15H22N2O2/c1-12-5-6-13(14(11-12)19-3)15(18)17-8-4-7-16(2)9-10-17/h5-6,11H,4,7-10H2,1-3H3. The van der Waals surface area contributed by atoms with Gasteiger partial charge >= 0.3 is 0 Å². The molecule has 1 aromatic carbocycles. The first-order chi connectivity index (χ1) is 9.11. The molecule has 19 heavy (non-hydrogen) atoms. The van der Waals surface area contributed by atoms with E-state index in [0.29, 0.717) is 11.3 Å². The van der Waals surface area contributed by atoms with Crippen molar-refractivity contribution in [2.75, 3.05) is 40.3 Å². The highest BCUT2D eigenvalue weighted by Gasteiger charge is 2.21. The molecule has 1 fully saturated rings. The average Bonchev–Trinajstić information content (AvgIpc) is 2.62. The van der Waals surface area contributed by atoms with Crippen molar-refractivity contribution in [3.8, 4) is 5.75 Å². The fourth-order valence-electron chi connectivity index (χ4n) is 2.40. The molecule has 0 N–H and O–H groups in total. The first-order valence-electron chi connectivity index (χ1n) is 6.74. The van der Waals surface area contributed by atoms with Crippen molar-refractivity contribution in [2.45, 2.75) is 13.3 Å². The summed E-state index contributed by atoms with van der Waals surface area (Å²) in [6.45, 7) is 5.58. The minimum absolute atomic E-state index is 0.0761. The third-order valence-corrected chi connectivity index (χ3v) is 3.59. The van der Waals surface area contributed by atoms with Gasteiger partial charge in [0.1, 0.15) is 5.75 Å². The zero-order chi connectivity index (χ0) is 13.8. The minimum atomic E-state index is 0.0761. The van der Waals surface area contributed by atoms with Gasteiger partial charge in [-0.2, -0.15) is 0 Å². The fourth-order valence-corrected chi connectivity index (χ4v) is 2.40. The number of benzene rings is 1. The van der Waals surface area contributed by atoms with E-state index in [1.807, 2.05) is 30.0 Å². The smallest absolute Gasteiger partial charge is 0.257 e. The Morgan fingerprint density at radius 2 is 2.00 bits per heavy atom. The normalized spacial score (nSPS) is 17.1. The molecule has 1 aromatic rings. The zero-order valence-electron chi connectivity index (χ0n) is 12.0. The Kier molecular flexibility index (Phi) is 4.43. The van der Waals surface area contributed by atoms with Crippen molar-refractivity contribution in [1.29, 1.82) is 0 Å². The lowest BCUT2D eigenvalue weighted by atomic mass is 10.1. The number of rotatable bonds is 2. The summed E-state index contributed by atoms with van der Waals surface area (Å²) in [7, 11) is 3.71. The van der Waals surface area contributed by atoms with Crippen molar-refractivity contribution in [3.05, 3.63) is 29.3 Å². The van der Waals surface area contributed by atoms with Crippen LogP contribution in [-0.2, 0) is 0 Å². The second-order valence-corrected chi connectivity index (χ2v) is 5.15. The van der Waals surface area contributed by atoms with Gasteiger partial charge in [-0.3, -0.25) is 4.79 Å². The van der Waals surface area contributed by atoms with Crippen LogP contribution in [0.15, 0.2) is 18.2 Å². The van der Waals surface area contributed by atoms with E-state index in [4.69, 9.17) is 4.74 Å². The summed E-state index contributed by atoms with van der Waals surface area (Å²) in [5.74, 6) is 0.745. The van der Waals surface area contributed by atoms with Crippen molar-refractivity contribution in [3.63, 3.8) is 0 Å². The maximum Gasteiger partial charge on any atom is 0.257 e. The van der Waals surface area contributed by atoms with Gasteiger partial charge in [0.05, 0.1) is 12.7 Å². The number of carbonyl (C=O) groups excluding carboxylic acids is 1. The number of hydrogen-bond donors (Lipinski definition) is 0. The van der Waals surface area contributed by atoms with E-state index in [-0.39, 0.29) is 5.91 Å². The van der Waals surface area contributed by atoms with Crippen LogP contribution in [0, 0.1) is 6.92 Å². The van der Waals surface area contributed by atoms with E-state index >= 15 is 0 Å². The number of methoxy groups -OCH3 is 1. The lowest BCUT2D eigenvalue weighted by molar-refractivity contribution is 0.0759. The van der Waals surface area contributed by atoms with Crippen LogP contribution in [0.5, 0.6) is 5.75 Å². The molecule has 0 saturated carbocycles. The van der Waals surface area contributed by atoms with Crippen molar-refractivity contribution in [1.82, 2.24) is 9.80 Å². The van der Waals surface area contributed by atoms with Crippen LogP contribution in [-0.4, -0.2) is 56.0 Å². The number of hydrogen-bond acceptors (Lipinski definition) is 3. The van der Waals surface area contributed by atoms with E-state index in [9.17, 15) is 4.79 Å². The molecule has 2 rings (SSSR count). The molecule has 4 nitrogen and oxygen atoms in total. The van der Waals surface area contributed by atoms with Gasteiger partial charge < -0.3 is 14.5 Å². The molecule has 0 radical (unpaired) electrons. The third kappa shape index (κ3) is 3.26. The monoisotopic (exact) mass is 262 g/mol. The van der Waals surface area contributed by atoms with E-state index in [1.165, 1.54) is 0 Å². The molecule has 0 atom stereocenters. The molecule has 4 heteroatoms. The largest absolute Gasteiger partial charge is 0.496 e. The number of amides is 1. The summed E-state index contributed by atoms with van der Waals surface area (Å²) < 4.78 is 5.33. The Balaban J connectivity index is 2.19. The summed E-state index contributed by atoms with van der Waals surface area (Å²) in [5.41, 5.74) is 1.77. The lowest BCUT2D eigenvalue weighted by Gasteiger charge is -2.21. The second kappa shape index (κ2) is 6.06. The highest BCUT2D eigenvalue weighted by Crippen LogP contribution is 2.22. The quantitative estimate of drug-likeness (QED) is 0.814. The number of likely N-dealkylation sites (N-methyl/N-ethyl adjacent to an activating group) is 1. The molecule has 0 unspecified atom stereocenters. The third-order valence-electron chi connectivity index (χ3n) is 3.59. The van der Waals surface area contributed by atoms with Gasteiger partial charge in [-0.1, -0.05) is 6.07 Å². The van der Waals surface area contributed by atoms with Gasteiger partial charge in [0.15, 0.2) is 0 Å². The maximum atomic E-state index is 12.6. The summed E-state index contributed by atoms with van der Waals surface area (Å²) in [4.78, 5) is 16.8. The Morgan fingerprint density at radius 3 is 2.74 bits per heavy atom. The molecule has 1 aliphatic rings. The molecule has 0 aliphatic carbocycles. The number of ether oxygens (including phenoxy) is 1. The molecule has 104 valence electrons. The molecule has 1 heterocycles. The fraction of sp³-hybridized carbons (Fsp3) is 0.533. The van der Waals surface area contributed by atoms with Crippen LogP contribution in [0.25, 0.3) is 0 Å². The van der Waals surface area contributed by atoms with Crippen molar-refractivity contribution in [2.24, 2.45) is 0 Å². The molecule has 1 amide bonds. The SMILES string of the molecule is COc1cc(C)ccc1C(=O)N1CCCN(C)CC1. The predicted octanol–water partition coefficient (Wildman–Crippen LogP) is 1.78. The van der Waals surface area contributed by atoms with Crippen LogP contribution in [0.3, 0.4) is 0 Å². The lowest BCUT2D eigenvalue weighted by Crippen LogP contribution is -2.34. The van der Waals surface area contributed by atoms with Gasteiger partial charge in [-0.25, -0.2) is 0 Å². The topological polar surface area (TPSA) is 32.8 Å². The number of aryl methyl sites for hydroxylation is 1.